The number of ether oxygens (including phenoxy) is 2. The first-order valence-corrected chi connectivity index (χ1v) is 7.20. The van der Waals surface area contributed by atoms with Gasteiger partial charge in [0.15, 0.2) is 0 Å². The number of hydrogen-bond donors (Lipinski definition) is 0. The first-order chi connectivity index (χ1) is 9.06. The highest BCUT2D eigenvalue weighted by atomic mass is 79.9. The minimum absolute atomic E-state index is 0.0606. The highest BCUT2D eigenvalue weighted by molar-refractivity contribution is 9.10. The zero-order chi connectivity index (χ0) is 14.0. The molecule has 0 atom stereocenters. The van der Waals surface area contributed by atoms with Crippen molar-refractivity contribution < 1.29 is 14.3 Å². The Kier molecular flexibility index (Phi) is 4.27. The van der Waals surface area contributed by atoms with Gasteiger partial charge in [-0.05, 0) is 47.1 Å². The highest BCUT2D eigenvalue weighted by Crippen LogP contribution is 2.32. The molecule has 100 valence electrons. The SMILES string of the molecule is COc1ccc(OC)c(C(=O)c2cc(Br)c(C)s2)c1. The summed E-state index contributed by atoms with van der Waals surface area (Å²) in [5, 5.41) is 0. The lowest BCUT2D eigenvalue weighted by Crippen LogP contribution is -2.02. The van der Waals surface area contributed by atoms with Crippen molar-refractivity contribution in [3.05, 3.63) is 44.1 Å². The third-order valence-corrected chi connectivity index (χ3v) is 4.87. The van der Waals surface area contributed by atoms with Gasteiger partial charge in [0.1, 0.15) is 11.5 Å². The molecule has 0 amide bonds. The van der Waals surface area contributed by atoms with E-state index in [1.807, 2.05) is 13.0 Å². The minimum Gasteiger partial charge on any atom is -0.497 e. The summed E-state index contributed by atoms with van der Waals surface area (Å²) in [6.07, 6.45) is 0. The molecule has 1 aromatic heterocycles. The lowest BCUT2D eigenvalue weighted by molar-refractivity contribution is 0.103. The summed E-state index contributed by atoms with van der Waals surface area (Å²) < 4.78 is 11.3. The Morgan fingerprint density at radius 3 is 2.47 bits per heavy atom. The standard InChI is InChI=1S/C14H13BrO3S/c1-8-11(15)7-13(19-8)14(16)10-6-9(17-2)4-5-12(10)18-3/h4-7H,1-3H3. The highest BCUT2D eigenvalue weighted by Gasteiger charge is 2.18. The average Bonchev–Trinajstić information content (AvgIpc) is 2.77. The van der Waals surface area contributed by atoms with Crippen molar-refractivity contribution in [1.29, 1.82) is 0 Å². The van der Waals surface area contributed by atoms with E-state index in [1.54, 1.807) is 32.4 Å². The van der Waals surface area contributed by atoms with E-state index in [0.717, 1.165) is 9.35 Å². The average molecular weight is 341 g/mol. The summed E-state index contributed by atoms with van der Waals surface area (Å²) in [6, 6.07) is 7.04. The lowest BCUT2D eigenvalue weighted by Gasteiger charge is -2.08. The van der Waals surface area contributed by atoms with E-state index in [0.29, 0.717) is 21.9 Å². The van der Waals surface area contributed by atoms with Gasteiger partial charge < -0.3 is 9.47 Å². The number of benzene rings is 1. The van der Waals surface area contributed by atoms with Crippen molar-refractivity contribution in [2.45, 2.75) is 6.92 Å². The van der Waals surface area contributed by atoms with Gasteiger partial charge in [0.2, 0.25) is 5.78 Å². The molecule has 0 aliphatic rings. The van der Waals surface area contributed by atoms with E-state index in [4.69, 9.17) is 9.47 Å². The molecule has 1 aromatic carbocycles. The van der Waals surface area contributed by atoms with E-state index in [-0.39, 0.29) is 5.78 Å². The molecule has 0 saturated heterocycles. The van der Waals surface area contributed by atoms with Crippen LogP contribution in [-0.4, -0.2) is 20.0 Å². The van der Waals surface area contributed by atoms with E-state index in [9.17, 15) is 4.79 Å². The molecule has 2 aromatic rings. The predicted octanol–water partition coefficient (Wildman–Crippen LogP) is 4.07. The van der Waals surface area contributed by atoms with Crippen LogP contribution in [0.25, 0.3) is 0 Å². The van der Waals surface area contributed by atoms with Crippen LogP contribution in [0.15, 0.2) is 28.7 Å². The summed E-state index contributed by atoms with van der Waals surface area (Å²) >= 11 is 4.88. The second kappa shape index (κ2) is 5.75. The molecule has 2 rings (SSSR count). The third-order valence-electron chi connectivity index (χ3n) is 2.73. The van der Waals surface area contributed by atoms with Gasteiger partial charge in [-0.3, -0.25) is 4.79 Å². The van der Waals surface area contributed by atoms with Crippen LogP contribution in [0, 0.1) is 6.92 Å². The number of thiophene rings is 1. The van der Waals surface area contributed by atoms with Gasteiger partial charge in [0.05, 0.1) is 24.7 Å². The minimum atomic E-state index is -0.0606. The number of hydrogen-bond acceptors (Lipinski definition) is 4. The Bertz CT molecular complexity index is 600. The van der Waals surface area contributed by atoms with Crippen LogP contribution < -0.4 is 9.47 Å². The zero-order valence-corrected chi connectivity index (χ0v) is 13.2. The molecule has 19 heavy (non-hydrogen) atoms. The number of carbonyl (C=O) groups excluding carboxylic acids is 1. The van der Waals surface area contributed by atoms with Crippen molar-refractivity contribution in [2.24, 2.45) is 0 Å². The molecule has 0 radical (unpaired) electrons. The van der Waals surface area contributed by atoms with Crippen LogP contribution in [0.1, 0.15) is 20.1 Å². The quantitative estimate of drug-likeness (QED) is 0.787. The van der Waals surface area contributed by atoms with Crippen molar-refractivity contribution >= 4 is 33.0 Å². The van der Waals surface area contributed by atoms with E-state index >= 15 is 0 Å². The van der Waals surface area contributed by atoms with E-state index < -0.39 is 0 Å². The summed E-state index contributed by atoms with van der Waals surface area (Å²) in [7, 11) is 3.12. The van der Waals surface area contributed by atoms with Crippen molar-refractivity contribution in [2.75, 3.05) is 14.2 Å². The molecule has 0 spiro atoms. The van der Waals surface area contributed by atoms with Crippen LogP contribution in [0.3, 0.4) is 0 Å². The van der Waals surface area contributed by atoms with Gasteiger partial charge in [-0.1, -0.05) is 0 Å². The number of halogens is 1. The predicted molar refractivity (Wildman–Crippen MR) is 79.7 cm³/mol. The fourth-order valence-corrected chi connectivity index (χ4v) is 3.18. The largest absolute Gasteiger partial charge is 0.497 e. The maximum absolute atomic E-state index is 12.5. The van der Waals surface area contributed by atoms with Gasteiger partial charge in [-0.25, -0.2) is 0 Å². The summed E-state index contributed by atoms with van der Waals surface area (Å²) in [6.45, 7) is 1.97. The lowest BCUT2D eigenvalue weighted by atomic mass is 10.1. The van der Waals surface area contributed by atoms with Gasteiger partial charge in [-0.2, -0.15) is 0 Å². The molecule has 0 aliphatic carbocycles. The topological polar surface area (TPSA) is 35.5 Å². The monoisotopic (exact) mass is 340 g/mol. The Hall–Kier alpha value is -1.33. The molecule has 5 heteroatoms. The molecule has 0 bridgehead atoms. The third kappa shape index (κ3) is 2.82. The Labute approximate surface area is 124 Å². The number of methoxy groups -OCH3 is 2. The van der Waals surface area contributed by atoms with E-state index in [2.05, 4.69) is 15.9 Å². The molecule has 0 N–H and O–H groups in total. The number of carbonyl (C=O) groups is 1. The number of aryl methyl sites for hydroxylation is 1. The summed E-state index contributed by atoms with van der Waals surface area (Å²) in [4.78, 5) is 14.3. The van der Waals surface area contributed by atoms with Crippen molar-refractivity contribution in [3.8, 4) is 11.5 Å². The first kappa shape index (κ1) is 14.1. The maximum Gasteiger partial charge on any atom is 0.206 e. The van der Waals surface area contributed by atoms with Crippen LogP contribution in [0.4, 0.5) is 0 Å². The van der Waals surface area contributed by atoms with Crippen LogP contribution >= 0.6 is 27.3 Å². The van der Waals surface area contributed by atoms with Crippen molar-refractivity contribution in [3.63, 3.8) is 0 Å². The molecule has 0 unspecified atom stereocenters. The first-order valence-electron chi connectivity index (χ1n) is 5.59. The fraction of sp³-hybridized carbons (Fsp3) is 0.214. The molecule has 3 nitrogen and oxygen atoms in total. The fourth-order valence-electron chi connectivity index (χ4n) is 1.70. The van der Waals surface area contributed by atoms with Crippen molar-refractivity contribution in [1.82, 2.24) is 0 Å². The number of ketones is 1. The van der Waals surface area contributed by atoms with Gasteiger partial charge in [0, 0.05) is 9.35 Å². The summed E-state index contributed by atoms with van der Waals surface area (Å²) in [5.74, 6) is 1.12. The summed E-state index contributed by atoms with van der Waals surface area (Å²) in [5.41, 5.74) is 0.510. The Balaban J connectivity index is 2.47. The molecular weight excluding hydrogens is 328 g/mol. The van der Waals surface area contributed by atoms with Crippen LogP contribution in [0.5, 0.6) is 11.5 Å². The molecule has 0 saturated carbocycles. The van der Waals surface area contributed by atoms with Gasteiger partial charge in [-0.15, -0.1) is 11.3 Å². The Morgan fingerprint density at radius 1 is 1.21 bits per heavy atom. The maximum atomic E-state index is 12.5. The second-order valence-corrected chi connectivity index (χ2v) is 6.02. The van der Waals surface area contributed by atoms with Gasteiger partial charge >= 0.3 is 0 Å². The molecule has 0 aliphatic heterocycles. The van der Waals surface area contributed by atoms with E-state index in [1.165, 1.54) is 11.3 Å². The smallest absolute Gasteiger partial charge is 0.206 e. The van der Waals surface area contributed by atoms with Gasteiger partial charge in [0.25, 0.3) is 0 Å². The van der Waals surface area contributed by atoms with Crippen LogP contribution in [0.2, 0.25) is 0 Å². The number of rotatable bonds is 4. The zero-order valence-electron chi connectivity index (χ0n) is 10.8. The van der Waals surface area contributed by atoms with Crippen LogP contribution in [-0.2, 0) is 0 Å². The molecule has 1 heterocycles. The molecule has 0 fully saturated rings. The normalized spacial score (nSPS) is 10.3. The Morgan fingerprint density at radius 2 is 1.95 bits per heavy atom. The second-order valence-electron chi connectivity index (χ2n) is 3.91. The molecular formula is C14H13BrO3S.